The second-order valence-corrected chi connectivity index (χ2v) is 7.97. The molecule has 0 fully saturated rings. The van der Waals surface area contributed by atoms with Crippen molar-refractivity contribution in [3.63, 3.8) is 0 Å². The summed E-state index contributed by atoms with van der Waals surface area (Å²) in [5.41, 5.74) is 5.56. The van der Waals surface area contributed by atoms with E-state index in [0.29, 0.717) is 11.6 Å². The lowest BCUT2D eigenvalue weighted by atomic mass is 9.61. The fraction of sp³-hybridized carbons (Fsp3) is 0.300. The number of aryl methyl sites for hydroxylation is 1. The Morgan fingerprint density at radius 1 is 1.19 bits per heavy atom. The van der Waals surface area contributed by atoms with Crippen molar-refractivity contribution in [1.29, 1.82) is 0 Å². The minimum absolute atomic E-state index is 0.311. The van der Waals surface area contributed by atoms with Gasteiger partial charge in [0, 0.05) is 39.1 Å². The number of rotatable bonds is 4. The van der Waals surface area contributed by atoms with E-state index in [1.165, 1.54) is 28.6 Å². The van der Waals surface area contributed by atoms with E-state index in [1.807, 2.05) is 12.1 Å². The lowest BCUT2D eigenvalue weighted by Gasteiger charge is -2.24. The Hall–Kier alpha value is -1.49. The first-order chi connectivity index (χ1) is 12.4. The molecule has 0 unspecified atom stereocenters. The van der Waals surface area contributed by atoms with Gasteiger partial charge in [-0.2, -0.15) is 0 Å². The minimum atomic E-state index is -1.79. The number of benzene rings is 2. The third-order valence-electron chi connectivity index (χ3n) is 5.14. The van der Waals surface area contributed by atoms with Gasteiger partial charge in [0.1, 0.15) is 15.7 Å². The molecule has 1 heterocycles. The summed E-state index contributed by atoms with van der Waals surface area (Å²) < 4.78 is 1.11. The van der Waals surface area contributed by atoms with Crippen LogP contribution in [0.3, 0.4) is 0 Å². The first-order valence-electron chi connectivity index (χ1n) is 8.85. The lowest BCUT2D eigenvalue weighted by molar-refractivity contribution is 0.217. The summed E-state index contributed by atoms with van der Waals surface area (Å²) in [6.07, 6.45) is 3.41. The van der Waals surface area contributed by atoms with Crippen LogP contribution in [0.4, 0.5) is 0 Å². The number of H-pyrrole nitrogens is 1. The van der Waals surface area contributed by atoms with Crippen LogP contribution in [0.5, 0.6) is 0 Å². The van der Waals surface area contributed by atoms with Crippen LogP contribution in [0.1, 0.15) is 41.3 Å². The van der Waals surface area contributed by atoms with Crippen molar-refractivity contribution in [2.45, 2.75) is 37.2 Å². The van der Waals surface area contributed by atoms with E-state index in [1.54, 1.807) is 12.1 Å². The SMILES string of the molecule is [B]C([B])(O)c1ccc(CN[C@@H]2CCCc3c2[nH]c2ccc(Br)cc32)cc1. The molecule has 0 amide bonds. The summed E-state index contributed by atoms with van der Waals surface area (Å²) >= 11 is 3.58. The minimum Gasteiger partial charge on any atom is -0.405 e. The zero-order valence-corrected chi connectivity index (χ0v) is 16.0. The zero-order chi connectivity index (χ0) is 18.3. The van der Waals surface area contributed by atoms with Crippen LogP contribution >= 0.6 is 15.9 Å². The molecule has 2 aromatic carbocycles. The Balaban J connectivity index is 1.53. The highest BCUT2D eigenvalue weighted by atomic mass is 79.9. The van der Waals surface area contributed by atoms with Crippen molar-refractivity contribution in [3.8, 4) is 0 Å². The molecule has 6 heteroatoms. The molecule has 0 bridgehead atoms. The molecule has 3 nitrogen and oxygen atoms in total. The monoisotopic (exact) mass is 404 g/mol. The number of halogens is 1. The Kier molecular flexibility index (Phi) is 4.76. The van der Waals surface area contributed by atoms with E-state index in [4.69, 9.17) is 15.7 Å². The molecule has 4 rings (SSSR count). The summed E-state index contributed by atoms with van der Waals surface area (Å²) in [5.74, 6) is 0. The van der Waals surface area contributed by atoms with Gasteiger partial charge in [-0.05, 0) is 54.2 Å². The van der Waals surface area contributed by atoms with Gasteiger partial charge in [0.15, 0.2) is 0 Å². The molecular weight excluding hydrogens is 386 g/mol. The molecular formula is C20H19B2BrN2O. The average molecular weight is 405 g/mol. The van der Waals surface area contributed by atoms with E-state index in [-0.39, 0.29) is 0 Å². The van der Waals surface area contributed by atoms with E-state index >= 15 is 0 Å². The summed E-state index contributed by atoms with van der Waals surface area (Å²) in [6.45, 7) is 0.747. The number of fused-ring (bicyclic) bond motifs is 3. The summed E-state index contributed by atoms with van der Waals surface area (Å²) in [4.78, 5) is 3.61. The largest absolute Gasteiger partial charge is 0.405 e. The van der Waals surface area contributed by atoms with Gasteiger partial charge >= 0.3 is 0 Å². The fourth-order valence-electron chi connectivity index (χ4n) is 3.77. The van der Waals surface area contributed by atoms with Gasteiger partial charge in [-0.15, -0.1) is 0 Å². The number of nitrogens with one attached hydrogen (secondary N) is 2. The van der Waals surface area contributed by atoms with E-state index in [2.05, 4.69) is 44.4 Å². The maximum Gasteiger partial charge on any atom is 0.105 e. The first-order valence-corrected chi connectivity index (χ1v) is 9.64. The average Bonchev–Trinajstić information content (AvgIpc) is 2.98. The van der Waals surface area contributed by atoms with Crippen molar-refractivity contribution < 1.29 is 5.11 Å². The highest BCUT2D eigenvalue weighted by molar-refractivity contribution is 9.10. The smallest absolute Gasteiger partial charge is 0.105 e. The van der Waals surface area contributed by atoms with Crippen LogP contribution in [0.25, 0.3) is 10.9 Å². The van der Waals surface area contributed by atoms with Crippen molar-refractivity contribution in [2.75, 3.05) is 0 Å². The van der Waals surface area contributed by atoms with Crippen LogP contribution in [0.2, 0.25) is 0 Å². The normalized spacial score (nSPS) is 17.4. The molecule has 0 spiro atoms. The van der Waals surface area contributed by atoms with Crippen LogP contribution in [0.15, 0.2) is 46.9 Å². The Morgan fingerprint density at radius 2 is 1.96 bits per heavy atom. The van der Waals surface area contributed by atoms with Gasteiger partial charge in [-0.25, -0.2) is 0 Å². The van der Waals surface area contributed by atoms with E-state index in [0.717, 1.165) is 29.4 Å². The lowest BCUT2D eigenvalue weighted by Crippen LogP contribution is -2.26. The van der Waals surface area contributed by atoms with Gasteiger partial charge in [0.2, 0.25) is 0 Å². The fourth-order valence-corrected chi connectivity index (χ4v) is 4.13. The molecule has 26 heavy (non-hydrogen) atoms. The molecule has 0 aliphatic heterocycles. The topological polar surface area (TPSA) is 48.0 Å². The summed E-state index contributed by atoms with van der Waals surface area (Å²) in [7, 11) is 11.0. The van der Waals surface area contributed by atoms with Crippen LogP contribution in [-0.2, 0) is 18.4 Å². The second-order valence-electron chi connectivity index (χ2n) is 7.06. The second kappa shape index (κ2) is 6.91. The van der Waals surface area contributed by atoms with E-state index < -0.39 is 5.40 Å². The number of hydrogen-bond donors (Lipinski definition) is 3. The first kappa shape index (κ1) is 17.9. The zero-order valence-electron chi connectivity index (χ0n) is 14.4. The predicted octanol–water partition coefficient (Wildman–Crippen LogP) is 3.54. The van der Waals surface area contributed by atoms with Crippen molar-refractivity contribution >= 4 is 42.5 Å². The van der Waals surface area contributed by atoms with Gasteiger partial charge < -0.3 is 15.4 Å². The number of aliphatic hydroxyl groups is 1. The maximum atomic E-state index is 9.64. The predicted molar refractivity (Wildman–Crippen MR) is 110 cm³/mol. The number of aromatic amines is 1. The number of hydrogen-bond acceptors (Lipinski definition) is 2. The molecule has 1 atom stereocenters. The molecule has 0 saturated carbocycles. The summed E-state index contributed by atoms with van der Waals surface area (Å²) in [5, 5.41) is 12.8. The highest BCUT2D eigenvalue weighted by Gasteiger charge is 2.24. The Morgan fingerprint density at radius 3 is 2.69 bits per heavy atom. The van der Waals surface area contributed by atoms with Crippen LogP contribution < -0.4 is 5.32 Å². The van der Waals surface area contributed by atoms with Gasteiger partial charge in [0.25, 0.3) is 0 Å². The van der Waals surface area contributed by atoms with Gasteiger partial charge in [-0.1, -0.05) is 40.2 Å². The molecule has 4 radical (unpaired) electrons. The number of aromatic nitrogens is 1. The molecule has 3 N–H and O–H groups in total. The molecule has 1 aromatic heterocycles. The molecule has 1 aliphatic carbocycles. The van der Waals surface area contributed by atoms with Crippen LogP contribution in [-0.4, -0.2) is 25.8 Å². The quantitative estimate of drug-likeness (QED) is 0.582. The Labute approximate surface area is 164 Å². The third kappa shape index (κ3) is 3.51. The van der Waals surface area contributed by atoms with Crippen molar-refractivity contribution in [2.24, 2.45) is 0 Å². The van der Waals surface area contributed by atoms with Crippen molar-refractivity contribution in [1.82, 2.24) is 10.3 Å². The van der Waals surface area contributed by atoms with Crippen molar-refractivity contribution in [3.05, 3.63) is 69.3 Å². The molecule has 128 valence electrons. The van der Waals surface area contributed by atoms with Gasteiger partial charge in [0.05, 0.1) is 0 Å². The van der Waals surface area contributed by atoms with Crippen LogP contribution in [0, 0.1) is 0 Å². The standard InChI is InChI=1S/C20H19B2BrN2O/c21-20(22,26)13-6-4-12(5-7-13)11-24-18-3-1-2-15-16-10-14(23)8-9-17(16)25-19(15)18/h4-10,18,24-26H,1-3,11H2/t18-/m1/s1. The van der Waals surface area contributed by atoms with E-state index in [9.17, 15) is 5.11 Å². The highest BCUT2D eigenvalue weighted by Crippen LogP contribution is 2.36. The van der Waals surface area contributed by atoms with Gasteiger partial charge in [-0.3, -0.25) is 0 Å². The third-order valence-corrected chi connectivity index (χ3v) is 5.63. The maximum absolute atomic E-state index is 9.64. The molecule has 1 aliphatic rings. The molecule has 3 aromatic rings. The molecule has 0 saturated heterocycles. The summed E-state index contributed by atoms with van der Waals surface area (Å²) in [6, 6.07) is 14.1. The Bertz CT molecular complexity index is 931.